The number of nitrogens with one attached hydrogen (secondary N) is 1. The number of morpholine rings is 1. The lowest BCUT2D eigenvalue weighted by Crippen LogP contribution is -2.36. The molecule has 0 saturated carbocycles. The molecule has 2 amide bonds. The molecule has 0 radical (unpaired) electrons. The fourth-order valence-corrected chi connectivity index (χ4v) is 5.06. The van der Waals surface area contributed by atoms with E-state index in [2.05, 4.69) is 10.2 Å². The molecular weight excluding hydrogens is 431 g/mol. The van der Waals surface area contributed by atoms with E-state index in [4.69, 9.17) is 9.72 Å². The summed E-state index contributed by atoms with van der Waals surface area (Å²) >= 11 is 1.59. The van der Waals surface area contributed by atoms with Gasteiger partial charge in [0.1, 0.15) is 5.82 Å². The number of hydrogen-bond donors (Lipinski definition) is 1. The molecule has 32 heavy (non-hydrogen) atoms. The van der Waals surface area contributed by atoms with E-state index < -0.39 is 5.92 Å². The number of carbonyl (C=O) groups excluding carboxylic acids is 2. The van der Waals surface area contributed by atoms with Crippen LogP contribution in [0.25, 0.3) is 10.2 Å². The van der Waals surface area contributed by atoms with Crippen LogP contribution in [0.3, 0.4) is 0 Å². The summed E-state index contributed by atoms with van der Waals surface area (Å²) in [6.45, 7) is 4.94. The molecule has 2 fully saturated rings. The van der Waals surface area contributed by atoms with Crippen LogP contribution in [-0.2, 0) is 14.3 Å². The van der Waals surface area contributed by atoms with Gasteiger partial charge in [-0.1, -0.05) is 17.4 Å². The van der Waals surface area contributed by atoms with E-state index in [0.29, 0.717) is 30.2 Å². The monoisotopic (exact) mass is 454 g/mol. The van der Waals surface area contributed by atoms with Crippen molar-refractivity contribution in [1.29, 1.82) is 0 Å². The van der Waals surface area contributed by atoms with Gasteiger partial charge in [0.2, 0.25) is 11.8 Å². The SMILES string of the molecule is Cc1ccc(N2CC(C(=O)Nc3ccc4nc(N5CCOCC5)sc4c3)CC2=O)cc1F. The predicted molar refractivity (Wildman–Crippen MR) is 123 cm³/mol. The minimum Gasteiger partial charge on any atom is -0.378 e. The molecule has 1 unspecified atom stereocenters. The summed E-state index contributed by atoms with van der Waals surface area (Å²) in [6.07, 6.45) is 0.102. The normalized spacial score (nSPS) is 19.1. The van der Waals surface area contributed by atoms with Crippen molar-refractivity contribution < 1.29 is 18.7 Å². The maximum Gasteiger partial charge on any atom is 0.229 e. The average Bonchev–Trinajstić information content (AvgIpc) is 3.40. The highest BCUT2D eigenvalue weighted by atomic mass is 32.1. The zero-order valence-electron chi connectivity index (χ0n) is 17.6. The van der Waals surface area contributed by atoms with Gasteiger partial charge in [-0.3, -0.25) is 9.59 Å². The minimum atomic E-state index is -0.493. The highest BCUT2D eigenvalue weighted by Crippen LogP contribution is 2.32. The summed E-state index contributed by atoms with van der Waals surface area (Å²) in [5, 5.41) is 3.88. The number of aryl methyl sites for hydroxylation is 1. The lowest BCUT2D eigenvalue weighted by Gasteiger charge is -2.25. The Morgan fingerprint density at radius 1 is 1.22 bits per heavy atom. The van der Waals surface area contributed by atoms with Crippen LogP contribution in [0, 0.1) is 18.7 Å². The van der Waals surface area contributed by atoms with Crippen LogP contribution in [0.15, 0.2) is 36.4 Å². The molecule has 9 heteroatoms. The van der Waals surface area contributed by atoms with E-state index in [1.54, 1.807) is 30.4 Å². The van der Waals surface area contributed by atoms with Gasteiger partial charge in [0, 0.05) is 37.4 Å². The molecule has 5 rings (SSSR count). The van der Waals surface area contributed by atoms with Crippen molar-refractivity contribution in [2.24, 2.45) is 5.92 Å². The second-order valence-electron chi connectivity index (χ2n) is 8.11. The van der Waals surface area contributed by atoms with Gasteiger partial charge in [-0.25, -0.2) is 9.37 Å². The molecular formula is C23H23FN4O3S. The van der Waals surface area contributed by atoms with Crippen molar-refractivity contribution in [1.82, 2.24) is 4.98 Å². The molecule has 2 saturated heterocycles. The highest BCUT2D eigenvalue weighted by molar-refractivity contribution is 7.22. The molecule has 0 aliphatic carbocycles. The number of hydrogen-bond acceptors (Lipinski definition) is 6. The van der Waals surface area contributed by atoms with Gasteiger partial charge in [0.15, 0.2) is 5.13 Å². The van der Waals surface area contributed by atoms with E-state index in [1.165, 1.54) is 11.0 Å². The Morgan fingerprint density at radius 3 is 2.81 bits per heavy atom. The zero-order valence-corrected chi connectivity index (χ0v) is 18.5. The van der Waals surface area contributed by atoms with Crippen LogP contribution in [0.1, 0.15) is 12.0 Å². The van der Waals surface area contributed by atoms with Crippen LogP contribution in [0.4, 0.5) is 20.9 Å². The number of ether oxygens (including phenoxy) is 1. The van der Waals surface area contributed by atoms with E-state index in [1.807, 2.05) is 18.2 Å². The molecule has 0 bridgehead atoms. The van der Waals surface area contributed by atoms with Crippen LogP contribution in [0.2, 0.25) is 0 Å². The van der Waals surface area contributed by atoms with E-state index in [9.17, 15) is 14.0 Å². The van der Waals surface area contributed by atoms with Gasteiger partial charge in [-0.05, 0) is 42.8 Å². The number of nitrogens with zero attached hydrogens (tertiary/aromatic N) is 3. The minimum absolute atomic E-state index is 0.102. The van der Waals surface area contributed by atoms with Gasteiger partial charge in [-0.2, -0.15) is 0 Å². The van der Waals surface area contributed by atoms with Crippen molar-refractivity contribution in [3.8, 4) is 0 Å². The van der Waals surface area contributed by atoms with Crippen LogP contribution >= 0.6 is 11.3 Å². The van der Waals surface area contributed by atoms with Crippen molar-refractivity contribution in [2.45, 2.75) is 13.3 Å². The lowest BCUT2D eigenvalue weighted by molar-refractivity contribution is -0.122. The third-order valence-corrected chi connectivity index (χ3v) is 6.97. The molecule has 2 aliphatic heterocycles. The molecule has 0 spiro atoms. The molecule has 2 aliphatic rings. The summed E-state index contributed by atoms with van der Waals surface area (Å²) in [7, 11) is 0. The van der Waals surface area contributed by atoms with Gasteiger partial charge in [0.05, 0.1) is 29.3 Å². The number of thiazole rings is 1. The molecule has 166 valence electrons. The summed E-state index contributed by atoms with van der Waals surface area (Å²) in [6, 6.07) is 10.3. The van der Waals surface area contributed by atoms with Crippen LogP contribution < -0.4 is 15.1 Å². The summed E-state index contributed by atoms with van der Waals surface area (Å²) < 4.78 is 20.3. The van der Waals surface area contributed by atoms with Gasteiger partial charge >= 0.3 is 0 Å². The molecule has 1 aromatic heterocycles. The zero-order chi connectivity index (χ0) is 22.2. The number of fused-ring (bicyclic) bond motifs is 1. The number of halogens is 1. The maximum absolute atomic E-state index is 13.9. The average molecular weight is 455 g/mol. The number of anilines is 3. The first-order valence-corrected chi connectivity index (χ1v) is 11.4. The Bertz CT molecular complexity index is 1190. The Hall–Kier alpha value is -3.04. The smallest absolute Gasteiger partial charge is 0.229 e. The van der Waals surface area contributed by atoms with Gasteiger partial charge in [-0.15, -0.1) is 0 Å². The van der Waals surface area contributed by atoms with E-state index in [-0.39, 0.29) is 30.6 Å². The Kier molecular flexibility index (Phi) is 5.52. The lowest BCUT2D eigenvalue weighted by atomic mass is 10.1. The van der Waals surface area contributed by atoms with Crippen molar-refractivity contribution in [2.75, 3.05) is 48.0 Å². The Balaban J connectivity index is 1.28. The van der Waals surface area contributed by atoms with Crippen LogP contribution in [0.5, 0.6) is 0 Å². The van der Waals surface area contributed by atoms with Crippen LogP contribution in [-0.4, -0.2) is 49.6 Å². The third kappa shape index (κ3) is 4.05. The quantitative estimate of drug-likeness (QED) is 0.652. The van der Waals surface area contributed by atoms with E-state index >= 15 is 0 Å². The second-order valence-corrected chi connectivity index (χ2v) is 9.12. The number of carbonyl (C=O) groups is 2. The third-order valence-electron chi connectivity index (χ3n) is 5.89. The number of amides is 2. The van der Waals surface area contributed by atoms with Crippen molar-refractivity contribution in [3.05, 3.63) is 47.8 Å². The topological polar surface area (TPSA) is 74.8 Å². The predicted octanol–water partition coefficient (Wildman–Crippen LogP) is 3.57. The maximum atomic E-state index is 13.9. The Labute approximate surface area is 188 Å². The largest absolute Gasteiger partial charge is 0.378 e. The second kappa shape index (κ2) is 8.48. The molecule has 2 aromatic carbocycles. The molecule has 1 N–H and O–H groups in total. The first-order chi connectivity index (χ1) is 15.5. The number of rotatable bonds is 4. The molecule has 1 atom stereocenters. The molecule has 3 heterocycles. The summed E-state index contributed by atoms with van der Waals surface area (Å²) in [5.74, 6) is -1.25. The summed E-state index contributed by atoms with van der Waals surface area (Å²) in [4.78, 5) is 33.7. The van der Waals surface area contributed by atoms with Gasteiger partial charge < -0.3 is 19.9 Å². The van der Waals surface area contributed by atoms with Crippen molar-refractivity contribution in [3.63, 3.8) is 0 Å². The highest BCUT2D eigenvalue weighted by Gasteiger charge is 2.35. The standard InChI is InChI=1S/C23H23FN4O3S/c1-14-2-4-17(12-18(14)24)28-13-15(10-21(28)29)22(30)25-16-3-5-19-20(11-16)32-23(26-19)27-6-8-31-9-7-27/h2-5,11-12,15H,6-10,13H2,1H3,(H,25,30). The first kappa shape index (κ1) is 20.8. The van der Waals surface area contributed by atoms with E-state index in [0.717, 1.165) is 28.4 Å². The number of aromatic nitrogens is 1. The molecule has 7 nitrogen and oxygen atoms in total. The van der Waals surface area contributed by atoms with Gasteiger partial charge in [0.25, 0.3) is 0 Å². The fourth-order valence-electron chi connectivity index (χ4n) is 4.01. The fraction of sp³-hybridized carbons (Fsp3) is 0.348. The first-order valence-electron chi connectivity index (χ1n) is 10.6. The Morgan fingerprint density at radius 2 is 2.03 bits per heavy atom. The number of benzene rings is 2. The molecule has 3 aromatic rings. The van der Waals surface area contributed by atoms with Crippen molar-refractivity contribution >= 4 is 49.9 Å². The summed E-state index contributed by atoms with van der Waals surface area (Å²) in [5.41, 5.74) is 2.56.